The van der Waals surface area contributed by atoms with Crippen LogP contribution in [0.15, 0.2) is 0 Å². The fourth-order valence-corrected chi connectivity index (χ4v) is 5.45. The second-order valence-electron chi connectivity index (χ2n) is 5.13. The Bertz CT molecular complexity index is 306. The summed E-state index contributed by atoms with van der Waals surface area (Å²) < 4.78 is 28.9. The molecule has 102 valence electrons. The third kappa shape index (κ3) is 5.26. The molecule has 1 saturated carbocycles. The first-order chi connectivity index (χ1) is 8.04. The third-order valence-electron chi connectivity index (χ3n) is 3.57. The SMILES string of the molecule is COCCS(=O)(=O)CC1(CBr)CCCCCC1. The number of hydrogen-bond acceptors (Lipinski definition) is 3. The zero-order valence-corrected chi connectivity index (χ0v) is 13.0. The van der Waals surface area contributed by atoms with Gasteiger partial charge in [0, 0.05) is 12.4 Å². The monoisotopic (exact) mass is 326 g/mol. The minimum atomic E-state index is -2.99. The molecule has 0 bridgehead atoms. The molecule has 0 atom stereocenters. The van der Waals surface area contributed by atoms with E-state index in [0.29, 0.717) is 12.4 Å². The maximum atomic E-state index is 12.0. The van der Waals surface area contributed by atoms with Crippen molar-refractivity contribution in [1.82, 2.24) is 0 Å². The van der Waals surface area contributed by atoms with Crippen LogP contribution in [-0.4, -0.2) is 39.0 Å². The molecule has 1 rings (SSSR count). The van der Waals surface area contributed by atoms with E-state index in [2.05, 4.69) is 15.9 Å². The van der Waals surface area contributed by atoms with Gasteiger partial charge in [-0.2, -0.15) is 0 Å². The van der Waals surface area contributed by atoms with E-state index in [1.807, 2.05) is 0 Å². The summed E-state index contributed by atoms with van der Waals surface area (Å²) in [6, 6.07) is 0. The average molecular weight is 327 g/mol. The van der Waals surface area contributed by atoms with Gasteiger partial charge in [0.25, 0.3) is 0 Å². The van der Waals surface area contributed by atoms with Gasteiger partial charge in [0.05, 0.1) is 18.1 Å². The molecule has 1 aliphatic rings. The average Bonchev–Trinajstić information content (AvgIpc) is 2.52. The molecule has 0 unspecified atom stereocenters. The smallest absolute Gasteiger partial charge is 0.153 e. The number of methoxy groups -OCH3 is 1. The van der Waals surface area contributed by atoms with Crippen LogP contribution in [0.25, 0.3) is 0 Å². The van der Waals surface area contributed by atoms with Gasteiger partial charge in [0.1, 0.15) is 0 Å². The molecule has 0 heterocycles. The molecule has 0 saturated heterocycles. The van der Waals surface area contributed by atoms with Crippen molar-refractivity contribution in [2.24, 2.45) is 5.41 Å². The highest BCUT2D eigenvalue weighted by Crippen LogP contribution is 2.38. The summed E-state index contributed by atoms with van der Waals surface area (Å²) in [4.78, 5) is 0. The molecule has 17 heavy (non-hydrogen) atoms. The first-order valence-electron chi connectivity index (χ1n) is 6.29. The van der Waals surface area contributed by atoms with Gasteiger partial charge in [-0.25, -0.2) is 8.42 Å². The number of ether oxygens (including phenoxy) is 1. The van der Waals surface area contributed by atoms with Crippen molar-refractivity contribution in [3.05, 3.63) is 0 Å². The van der Waals surface area contributed by atoms with Crippen molar-refractivity contribution in [2.75, 3.05) is 30.6 Å². The van der Waals surface area contributed by atoms with Crippen molar-refractivity contribution in [2.45, 2.75) is 38.5 Å². The molecule has 5 heteroatoms. The van der Waals surface area contributed by atoms with E-state index in [9.17, 15) is 8.42 Å². The Morgan fingerprint density at radius 3 is 2.24 bits per heavy atom. The first-order valence-corrected chi connectivity index (χ1v) is 9.23. The zero-order valence-electron chi connectivity index (χ0n) is 10.6. The van der Waals surface area contributed by atoms with Crippen LogP contribution < -0.4 is 0 Å². The second kappa shape index (κ2) is 7.10. The van der Waals surface area contributed by atoms with E-state index in [1.165, 1.54) is 12.8 Å². The number of rotatable bonds is 6. The molecule has 0 radical (unpaired) electrons. The normalized spacial score (nSPS) is 21.1. The van der Waals surface area contributed by atoms with Gasteiger partial charge in [-0.3, -0.25) is 0 Å². The molecule has 0 spiro atoms. The summed E-state index contributed by atoms with van der Waals surface area (Å²) >= 11 is 3.53. The molecule has 0 aromatic rings. The fourth-order valence-electron chi connectivity index (χ4n) is 2.54. The minimum absolute atomic E-state index is 0.0386. The Kier molecular flexibility index (Phi) is 6.45. The zero-order chi connectivity index (χ0) is 12.8. The van der Waals surface area contributed by atoms with Crippen LogP contribution in [0.4, 0.5) is 0 Å². The Morgan fingerprint density at radius 1 is 1.18 bits per heavy atom. The summed E-state index contributed by atoms with van der Waals surface area (Å²) in [5.74, 6) is 0.465. The van der Waals surface area contributed by atoms with E-state index >= 15 is 0 Å². The van der Waals surface area contributed by atoms with Gasteiger partial charge in [-0.1, -0.05) is 41.6 Å². The predicted octanol–water partition coefficient (Wildman–Crippen LogP) is 2.78. The number of sulfone groups is 1. The Morgan fingerprint density at radius 2 is 1.76 bits per heavy atom. The second-order valence-corrected chi connectivity index (χ2v) is 7.88. The van der Waals surface area contributed by atoms with Crippen molar-refractivity contribution < 1.29 is 13.2 Å². The van der Waals surface area contributed by atoms with Crippen LogP contribution in [-0.2, 0) is 14.6 Å². The molecular formula is C12H23BrO3S. The van der Waals surface area contributed by atoms with Gasteiger partial charge in [0.15, 0.2) is 9.84 Å². The lowest BCUT2D eigenvalue weighted by atomic mass is 9.85. The van der Waals surface area contributed by atoms with E-state index < -0.39 is 9.84 Å². The summed E-state index contributed by atoms with van der Waals surface area (Å²) in [7, 11) is -1.44. The molecule has 0 amide bonds. The summed E-state index contributed by atoms with van der Waals surface area (Å²) in [6.45, 7) is 0.306. The van der Waals surface area contributed by atoms with Crippen LogP contribution in [0.5, 0.6) is 0 Å². The lowest BCUT2D eigenvalue weighted by Gasteiger charge is -2.30. The van der Waals surface area contributed by atoms with Crippen molar-refractivity contribution in [3.63, 3.8) is 0 Å². The highest BCUT2D eigenvalue weighted by atomic mass is 79.9. The maximum Gasteiger partial charge on any atom is 0.153 e. The quantitative estimate of drug-likeness (QED) is 0.556. The van der Waals surface area contributed by atoms with Gasteiger partial charge in [-0.05, 0) is 18.3 Å². The van der Waals surface area contributed by atoms with E-state index in [-0.39, 0.29) is 11.2 Å². The van der Waals surface area contributed by atoms with Crippen LogP contribution in [0.2, 0.25) is 0 Å². The molecule has 1 aliphatic carbocycles. The maximum absolute atomic E-state index is 12.0. The van der Waals surface area contributed by atoms with Crippen LogP contribution in [0, 0.1) is 5.41 Å². The largest absolute Gasteiger partial charge is 0.384 e. The Labute approximate surface area is 113 Å². The van der Waals surface area contributed by atoms with Crippen molar-refractivity contribution in [3.8, 4) is 0 Å². The standard InChI is InChI=1S/C12H23BrO3S/c1-16-8-9-17(14,15)11-12(10-13)6-4-2-3-5-7-12/h2-11H2,1H3. The number of halogens is 1. The lowest BCUT2D eigenvalue weighted by molar-refractivity contribution is 0.216. The van der Waals surface area contributed by atoms with Crippen molar-refractivity contribution in [1.29, 1.82) is 0 Å². The first kappa shape index (κ1) is 15.4. The molecule has 3 nitrogen and oxygen atoms in total. The molecule has 0 N–H and O–H groups in total. The summed E-state index contributed by atoms with van der Waals surface area (Å²) in [5.41, 5.74) is -0.0386. The molecule has 0 aromatic carbocycles. The highest BCUT2D eigenvalue weighted by molar-refractivity contribution is 9.09. The molecule has 0 aromatic heterocycles. The van der Waals surface area contributed by atoms with E-state index in [4.69, 9.17) is 4.74 Å². The van der Waals surface area contributed by atoms with Gasteiger partial charge < -0.3 is 4.74 Å². The Balaban J connectivity index is 2.66. The van der Waals surface area contributed by atoms with Gasteiger partial charge in [0.2, 0.25) is 0 Å². The van der Waals surface area contributed by atoms with Crippen LogP contribution in [0.3, 0.4) is 0 Å². The van der Waals surface area contributed by atoms with E-state index in [1.54, 1.807) is 7.11 Å². The summed E-state index contributed by atoms with van der Waals surface area (Å²) in [6.07, 6.45) is 6.87. The fraction of sp³-hybridized carbons (Fsp3) is 1.00. The molecule has 0 aliphatic heterocycles. The van der Waals surface area contributed by atoms with Crippen molar-refractivity contribution >= 4 is 25.8 Å². The number of alkyl halides is 1. The Hall–Kier alpha value is 0.390. The number of hydrogen-bond donors (Lipinski definition) is 0. The third-order valence-corrected chi connectivity index (χ3v) is 6.60. The van der Waals surface area contributed by atoms with E-state index in [0.717, 1.165) is 31.0 Å². The highest BCUT2D eigenvalue weighted by Gasteiger charge is 2.34. The van der Waals surface area contributed by atoms with Gasteiger partial charge in [-0.15, -0.1) is 0 Å². The minimum Gasteiger partial charge on any atom is -0.384 e. The summed E-state index contributed by atoms with van der Waals surface area (Å²) in [5, 5.41) is 0.798. The predicted molar refractivity (Wildman–Crippen MR) is 74.5 cm³/mol. The van der Waals surface area contributed by atoms with Gasteiger partial charge >= 0.3 is 0 Å². The molecule has 1 fully saturated rings. The lowest BCUT2D eigenvalue weighted by Crippen LogP contribution is -2.33. The van der Waals surface area contributed by atoms with Crippen LogP contribution in [0.1, 0.15) is 38.5 Å². The topological polar surface area (TPSA) is 43.4 Å². The van der Waals surface area contributed by atoms with Crippen LogP contribution >= 0.6 is 15.9 Å². The molecular weight excluding hydrogens is 304 g/mol.